The Balaban J connectivity index is 1.61. The van der Waals surface area contributed by atoms with E-state index in [1.165, 1.54) is 24.3 Å². The molecule has 2 aromatic carbocycles. The molecule has 0 aliphatic carbocycles. The second kappa shape index (κ2) is 7.74. The van der Waals surface area contributed by atoms with Gasteiger partial charge in [-0.15, -0.1) is 0 Å². The maximum absolute atomic E-state index is 12.4. The summed E-state index contributed by atoms with van der Waals surface area (Å²) in [6.07, 6.45) is 0. The highest BCUT2D eigenvalue weighted by molar-refractivity contribution is 6.02. The van der Waals surface area contributed by atoms with Crippen LogP contribution in [0.4, 0.5) is 11.4 Å². The Morgan fingerprint density at radius 3 is 2.56 bits per heavy atom. The molecule has 7 heteroatoms. The number of anilines is 1. The number of hydrogen-bond donors (Lipinski definition) is 1. The van der Waals surface area contributed by atoms with E-state index in [-0.39, 0.29) is 24.0 Å². The Bertz CT molecular complexity index is 976. The van der Waals surface area contributed by atoms with Gasteiger partial charge in [0.15, 0.2) is 5.76 Å². The number of ether oxygens (including phenoxy) is 1. The predicted molar refractivity (Wildman–Crippen MR) is 100 cm³/mol. The van der Waals surface area contributed by atoms with Crippen LogP contribution < -0.4 is 10.1 Å². The van der Waals surface area contributed by atoms with Crippen LogP contribution >= 0.6 is 0 Å². The van der Waals surface area contributed by atoms with Crippen LogP contribution in [0.5, 0.6) is 5.75 Å². The number of carbonyl (C=O) groups is 1. The number of nitrogens with zero attached hydrogens (tertiary/aromatic N) is 1. The number of rotatable bonds is 6. The lowest BCUT2D eigenvalue weighted by molar-refractivity contribution is -0.384. The first kappa shape index (κ1) is 18.2. The highest BCUT2D eigenvalue weighted by Gasteiger charge is 2.13. The van der Waals surface area contributed by atoms with Gasteiger partial charge in [-0.25, -0.2) is 0 Å². The fourth-order valence-electron chi connectivity index (χ4n) is 2.45. The molecule has 0 unspecified atom stereocenters. The van der Waals surface area contributed by atoms with Crippen molar-refractivity contribution in [3.8, 4) is 5.75 Å². The zero-order valence-corrected chi connectivity index (χ0v) is 14.9. The number of carbonyl (C=O) groups excluding carboxylic acids is 1. The summed E-state index contributed by atoms with van der Waals surface area (Å²) in [5.41, 5.74) is 2.74. The largest absolute Gasteiger partial charge is 0.486 e. The quantitative estimate of drug-likeness (QED) is 0.507. The molecule has 0 atom stereocenters. The first-order chi connectivity index (χ1) is 12.9. The summed E-state index contributed by atoms with van der Waals surface area (Å²) in [4.78, 5) is 22.5. The van der Waals surface area contributed by atoms with E-state index in [2.05, 4.69) is 5.32 Å². The monoisotopic (exact) mass is 366 g/mol. The van der Waals surface area contributed by atoms with Crippen LogP contribution in [0.15, 0.2) is 59.0 Å². The van der Waals surface area contributed by atoms with Crippen molar-refractivity contribution in [2.75, 3.05) is 5.32 Å². The van der Waals surface area contributed by atoms with Crippen molar-refractivity contribution in [2.24, 2.45) is 0 Å². The van der Waals surface area contributed by atoms with Gasteiger partial charge < -0.3 is 14.5 Å². The molecule has 1 N–H and O–H groups in total. The van der Waals surface area contributed by atoms with Gasteiger partial charge in [0.25, 0.3) is 11.6 Å². The molecule has 27 heavy (non-hydrogen) atoms. The zero-order chi connectivity index (χ0) is 19.4. The van der Waals surface area contributed by atoms with Crippen molar-refractivity contribution >= 4 is 17.3 Å². The molecule has 1 amide bonds. The Kier molecular flexibility index (Phi) is 5.21. The number of aryl methyl sites for hydroxylation is 2. The minimum absolute atomic E-state index is 0.00857. The van der Waals surface area contributed by atoms with E-state index >= 15 is 0 Å². The molecule has 138 valence electrons. The molecule has 0 aliphatic heterocycles. The normalized spacial score (nSPS) is 10.4. The Morgan fingerprint density at radius 2 is 1.85 bits per heavy atom. The van der Waals surface area contributed by atoms with Crippen LogP contribution in [0.1, 0.15) is 27.4 Å². The fraction of sp³-hybridized carbons (Fsp3) is 0.150. The summed E-state index contributed by atoms with van der Waals surface area (Å²) in [6.45, 7) is 3.98. The van der Waals surface area contributed by atoms with E-state index in [9.17, 15) is 14.9 Å². The van der Waals surface area contributed by atoms with Gasteiger partial charge in [-0.05, 0) is 55.3 Å². The van der Waals surface area contributed by atoms with E-state index < -0.39 is 4.92 Å². The van der Waals surface area contributed by atoms with E-state index in [1.54, 1.807) is 12.1 Å². The van der Waals surface area contributed by atoms with Crippen LogP contribution in [0.25, 0.3) is 0 Å². The average Bonchev–Trinajstić information content (AvgIpc) is 3.12. The van der Waals surface area contributed by atoms with E-state index in [1.807, 2.05) is 32.0 Å². The molecular formula is C20H18N2O5. The summed E-state index contributed by atoms with van der Waals surface area (Å²) >= 11 is 0. The van der Waals surface area contributed by atoms with Gasteiger partial charge in [-0.1, -0.05) is 12.1 Å². The number of nitro benzene ring substituents is 1. The standard InChI is InChI=1S/C20H18N2O5/c1-13-3-4-14(2)18(11-13)21-20(23)19-10-9-17(27-19)12-26-16-7-5-15(6-8-16)22(24)25/h3-11H,12H2,1-2H3,(H,21,23). The molecular weight excluding hydrogens is 348 g/mol. The third-order valence-electron chi connectivity index (χ3n) is 3.96. The summed E-state index contributed by atoms with van der Waals surface area (Å²) in [5, 5.41) is 13.5. The number of amides is 1. The summed E-state index contributed by atoms with van der Waals surface area (Å²) < 4.78 is 11.1. The molecule has 0 spiro atoms. The number of furan rings is 1. The molecule has 0 radical (unpaired) electrons. The van der Waals surface area contributed by atoms with Crippen LogP contribution in [-0.4, -0.2) is 10.8 Å². The average molecular weight is 366 g/mol. The Morgan fingerprint density at radius 1 is 1.11 bits per heavy atom. The summed E-state index contributed by atoms with van der Waals surface area (Å²) in [7, 11) is 0. The van der Waals surface area contributed by atoms with Crippen molar-refractivity contribution in [3.63, 3.8) is 0 Å². The first-order valence-electron chi connectivity index (χ1n) is 8.27. The maximum Gasteiger partial charge on any atom is 0.291 e. The molecule has 0 fully saturated rings. The number of benzene rings is 2. The van der Waals surface area contributed by atoms with Gasteiger partial charge in [0.2, 0.25) is 0 Å². The molecule has 1 aromatic heterocycles. The number of nitrogens with one attached hydrogen (secondary N) is 1. The molecule has 3 rings (SSSR count). The topological polar surface area (TPSA) is 94.6 Å². The SMILES string of the molecule is Cc1ccc(C)c(NC(=O)c2ccc(COc3ccc([N+](=O)[O-])cc3)o2)c1. The first-order valence-corrected chi connectivity index (χ1v) is 8.27. The highest BCUT2D eigenvalue weighted by Crippen LogP contribution is 2.20. The second-order valence-corrected chi connectivity index (χ2v) is 6.08. The Labute approximate surface area is 155 Å². The summed E-state index contributed by atoms with van der Waals surface area (Å²) in [5.74, 6) is 0.779. The lowest BCUT2D eigenvalue weighted by atomic mass is 10.1. The molecule has 3 aromatic rings. The minimum Gasteiger partial charge on any atom is -0.486 e. The zero-order valence-electron chi connectivity index (χ0n) is 14.9. The molecule has 0 saturated heterocycles. The van der Waals surface area contributed by atoms with Crippen molar-refractivity contribution in [1.82, 2.24) is 0 Å². The van der Waals surface area contributed by atoms with E-state index in [4.69, 9.17) is 9.15 Å². The third-order valence-corrected chi connectivity index (χ3v) is 3.96. The van der Waals surface area contributed by atoms with Crippen molar-refractivity contribution in [2.45, 2.75) is 20.5 Å². The van der Waals surface area contributed by atoms with Crippen LogP contribution in [0, 0.1) is 24.0 Å². The van der Waals surface area contributed by atoms with E-state index in [0.717, 1.165) is 16.8 Å². The number of nitro groups is 1. The molecule has 0 bridgehead atoms. The van der Waals surface area contributed by atoms with Gasteiger partial charge in [-0.2, -0.15) is 0 Å². The van der Waals surface area contributed by atoms with Crippen LogP contribution in [0.2, 0.25) is 0 Å². The molecule has 1 heterocycles. The Hall–Kier alpha value is -3.61. The predicted octanol–water partition coefficient (Wildman–Crippen LogP) is 4.64. The molecule has 0 aliphatic rings. The van der Waals surface area contributed by atoms with Crippen LogP contribution in [-0.2, 0) is 6.61 Å². The lowest BCUT2D eigenvalue weighted by Crippen LogP contribution is -2.12. The van der Waals surface area contributed by atoms with Gasteiger partial charge >= 0.3 is 0 Å². The van der Waals surface area contributed by atoms with Gasteiger partial charge in [0.1, 0.15) is 18.1 Å². The van der Waals surface area contributed by atoms with Crippen molar-refractivity contribution in [3.05, 3.63) is 87.4 Å². The fourth-order valence-corrected chi connectivity index (χ4v) is 2.45. The third kappa shape index (κ3) is 4.52. The van der Waals surface area contributed by atoms with Gasteiger partial charge in [0, 0.05) is 17.8 Å². The number of hydrogen-bond acceptors (Lipinski definition) is 5. The van der Waals surface area contributed by atoms with Crippen LogP contribution in [0.3, 0.4) is 0 Å². The second-order valence-electron chi connectivity index (χ2n) is 6.08. The van der Waals surface area contributed by atoms with Gasteiger partial charge in [-0.3, -0.25) is 14.9 Å². The highest BCUT2D eigenvalue weighted by atomic mass is 16.6. The maximum atomic E-state index is 12.4. The number of non-ortho nitro benzene ring substituents is 1. The van der Waals surface area contributed by atoms with Crippen molar-refractivity contribution in [1.29, 1.82) is 0 Å². The smallest absolute Gasteiger partial charge is 0.291 e. The van der Waals surface area contributed by atoms with E-state index in [0.29, 0.717) is 11.5 Å². The summed E-state index contributed by atoms with van der Waals surface area (Å²) in [6, 6.07) is 14.8. The lowest BCUT2D eigenvalue weighted by Gasteiger charge is -2.08. The van der Waals surface area contributed by atoms with Gasteiger partial charge in [0.05, 0.1) is 4.92 Å². The molecule has 0 saturated carbocycles. The van der Waals surface area contributed by atoms with Crippen molar-refractivity contribution < 1.29 is 18.9 Å². The molecule has 7 nitrogen and oxygen atoms in total. The minimum atomic E-state index is -0.475.